The highest BCUT2D eigenvalue weighted by atomic mass is 16.6. The third-order valence-corrected chi connectivity index (χ3v) is 5.10. The number of hydrogen-bond donors (Lipinski definition) is 0. The van der Waals surface area contributed by atoms with Crippen molar-refractivity contribution in [3.05, 3.63) is 53.0 Å². The molecular formula is C21H21N5O5. The Morgan fingerprint density at radius 2 is 2.10 bits per heavy atom. The molecule has 160 valence electrons. The number of para-hydroxylation sites is 1. The van der Waals surface area contributed by atoms with Gasteiger partial charge in [-0.25, -0.2) is 4.98 Å². The van der Waals surface area contributed by atoms with E-state index in [0.717, 1.165) is 5.39 Å². The number of carbonyl (C=O) groups is 1. The molecule has 0 amide bonds. The summed E-state index contributed by atoms with van der Waals surface area (Å²) in [6, 6.07) is 9.00. The zero-order valence-corrected chi connectivity index (χ0v) is 16.9. The number of carbonyl (C=O) groups excluding carboxylic acids is 1. The van der Waals surface area contributed by atoms with Gasteiger partial charge in [0, 0.05) is 24.7 Å². The molecule has 1 aliphatic rings. The van der Waals surface area contributed by atoms with Gasteiger partial charge in [0.15, 0.2) is 5.75 Å². The summed E-state index contributed by atoms with van der Waals surface area (Å²) < 4.78 is 11.0. The molecule has 0 aliphatic carbocycles. The topological polar surface area (TPSA) is 121 Å². The predicted octanol–water partition coefficient (Wildman–Crippen LogP) is 3.50. The molecule has 1 saturated heterocycles. The average molecular weight is 423 g/mol. The highest BCUT2D eigenvalue weighted by Crippen LogP contribution is 2.38. The van der Waals surface area contributed by atoms with Gasteiger partial charge in [0.1, 0.15) is 11.8 Å². The third-order valence-electron chi connectivity index (χ3n) is 5.10. The lowest BCUT2D eigenvalue weighted by Crippen LogP contribution is -2.40. The fourth-order valence-corrected chi connectivity index (χ4v) is 3.70. The number of nitrogens with zero attached hydrogens (tertiary/aromatic N) is 5. The first-order valence-corrected chi connectivity index (χ1v) is 10.0. The smallest absolute Gasteiger partial charge is 0.373 e. The minimum Gasteiger partial charge on any atom is -0.466 e. The van der Waals surface area contributed by atoms with Gasteiger partial charge in [-0.05, 0) is 31.9 Å². The van der Waals surface area contributed by atoms with Crippen LogP contribution in [0.3, 0.4) is 0 Å². The number of fused-ring (bicyclic) bond motifs is 1. The van der Waals surface area contributed by atoms with Crippen LogP contribution in [0.5, 0.6) is 11.6 Å². The second-order valence-corrected chi connectivity index (χ2v) is 7.08. The van der Waals surface area contributed by atoms with Crippen LogP contribution in [-0.4, -0.2) is 45.5 Å². The molecule has 4 rings (SSSR count). The summed E-state index contributed by atoms with van der Waals surface area (Å²) >= 11 is 0. The first-order valence-electron chi connectivity index (χ1n) is 10.0. The highest BCUT2D eigenvalue weighted by molar-refractivity contribution is 5.84. The van der Waals surface area contributed by atoms with Crippen LogP contribution in [0.4, 0.5) is 11.5 Å². The summed E-state index contributed by atoms with van der Waals surface area (Å²) in [5.74, 6) is -0.366. The van der Waals surface area contributed by atoms with Crippen molar-refractivity contribution in [3.63, 3.8) is 0 Å². The van der Waals surface area contributed by atoms with Crippen LogP contribution in [0.2, 0.25) is 0 Å². The Balaban J connectivity index is 1.69. The normalized spacial score (nSPS) is 16.2. The fraction of sp³-hybridized carbons (Fsp3) is 0.333. The molecular weight excluding hydrogens is 402 g/mol. The van der Waals surface area contributed by atoms with Gasteiger partial charge < -0.3 is 14.4 Å². The number of rotatable bonds is 6. The fourth-order valence-electron chi connectivity index (χ4n) is 3.70. The number of nitro groups is 1. The van der Waals surface area contributed by atoms with E-state index in [1.165, 1.54) is 6.33 Å². The molecule has 3 heterocycles. The van der Waals surface area contributed by atoms with E-state index in [2.05, 4.69) is 15.0 Å². The van der Waals surface area contributed by atoms with Gasteiger partial charge in [0.05, 0.1) is 17.4 Å². The number of ether oxygens (including phenoxy) is 2. The van der Waals surface area contributed by atoms with E-state index < -0.39 is 4.92 Å². The number of benzene rings is 1. The Morgan fingerprint density at radius 1 is 1.26 bits per heavy atom. The lowest BCUT2D eigenvalue weighted by Gasteiger charge is -2.31. The standard InChI is InChI=1S/C21H21N5O5/c1-2-30-21(27)15-8-5-11-25(12-15)19-18(26(28)29)20(24-13-23-19)31-16-9-3-6-14-7-4-10-22-17(14)16/h3-4,6-7,9-10,13,15H,2,5,8,11-12H2,1H3. The van der Waals surface area contributed by atoms with Crippen molar-refractivity contribution in [2.75, 3.05) is 24.6 Å². The molecule has 1 aromatic carbocycles. The largest absolute Gasteiger partial charge is 0.466 e. The maximum absolute atomic E-state index is 12.2. The van der Waals surface area contributed by atoms with Crippen molar-refractivity contribution in [1.82, 2.24) is 15.0 Å². The molecule has 0 radical (unpaired) electrons. The zero-order valence-electron chi connectivity index (χ0n) is 16.9. The lowest BCUT2D eigenvalue weighted by molar-refractivity contribution is -0.385. The molecule has 0 spiro atoms. The van der Waals surface area contributed by atoms with Gasteiger partial charge in [-0.15, -0.1) is 0 Å². The van der Waals surface area contributed by atoms with E-state index in [-0.39, 0.29) is 35.8 Å². The van der Waals surface area contributed by atoms with E-state index in [1.807, 2.05) is 12.1 Å². The van der Waals surface area contributed by atoms with Crippen molar-refractivity contribution >= 4 is 28.4 Å². The summed E-state index contributed by atoms with van der Waals surface area (Å²) in [7, 11) is 0. The zero-order chi connectivity index (χ0) is 21.8. The number of piperidine rings is 1. The maximum Gasteiger partial charge on any atom is 0.373 e. The Morgan fingerprint density at radius 3 is 2.90 bits per heavy atom. The van der Waals surface area contributed by atoms with E-state index in [9.17, 15) is 14.9 Å². The number of pyridine rings is 1. The summed E-state index contributed by atoms with van der Waals surface area (Å²) in [6.45, 7) is 2.86. The van der Waals surface area contributed by atoms with Crippen LogP contribution in [-0.2, 0) is 9.53 Å². The second kappa shape index (κ2) is 8.90. The molecule has 10 nitrogen and oxygen atoms in total. The first-order chi connectivity index (χ1) is 15.1. The van der Waals surface area contributed by atoms with Gasteiger partial charge >= 0.3 is 17.5 Å². The van der Waals surface area contributed by atoms with Crippen LogP contribution >= 0.6 is 0 Å². The minimum absolute atomic E-state index is 0.122. The molecule has 2 aromatic heterocycles. The lowest BCUT2D eigenvalue weighted by atomic mass is 9.98. The van der Waals surface area contributed by atoms with Crippen LogP contribution in [0.15, 0.2) is 42.9 Å². The van der Waals surface area contributed by atoms with Crippen molar-refractivity contribution in [2.24, 2.45) is 5.92 Å². The SMILES string of the molecule is CCOC(=O)C1CCCN(c2ncnc(Oc3cccc4cccnc34)c2[N+](=O)[O-])C1. The Hall–Kier alpha value is -3.82. The number of aromatic nitrogens is 3. The van der Waals surface area contributed by atoms with E-state index in [0.29, 0.717) is 37.3 Å². The Kier molecular flexibility index (Phi) is 5.87. The summed E-state index contributed by atoms with van der Waals surface area (Å²) in [5.41, 5.74) is 0.222. The van der Waals surface area contributed by atoms with Crippen molar-refractivity contribution < 1.29 is 19.2 Å². The van der Waals surface area contributed by atoms with Crippen LogP contribution in [0.25, 0.3) is 10.9 Å². The van der Waals surface area contributed by atoms with Crippen LogP contribution in [0, 0.1) is 16.0 Å². The van der Waals surface area contributed by atoms with E-state index >= 15 is 0 Å². The molecule has 0 bridgehead atoms. The monoisotopic (exact) mass is 423 g/mol. The molecule has 1 unspecified atom stereocenters. The molecule has 3 aromatic rings. The molecule has 10 heteroatoms. The van der Waals surface area contributed by atoms with Crippen LogP contribution in [0.1, 0.15) is 19.8 Å². The Bertz CT molecular complexity index is 1120. The number of esters is 1. The third kappa shape index (κ3) is 4.23. The van der Waals surface area contributed by atoms with Crippen LogP contribution < -0.4 is 9.64 Å². The number of hydrogen-bond acceptors (Lipinski definition) is 9. The molecule has 1 atom stereocenters. The average Bonchev–Trinajstić information content (AvgIpc) is 2.79. The number of anilines is 1. The minimum atomic E-state index is -0.558. The molecule has 0 N–H and O–H groups in total. The van der Waals surface area contributed by atoms with Gasteiger partial charge in [-0.2, -0.15) is 4.98 Å². The van der Waals surface area contributed by atoms with Crippen molar-refractivity contribution in [1.29, 1.82) is 0 Å². The summed E-state index contributed by atoms with van der Waals surface area (Å²) in [4.78, 5) is 37.8. The Labute approximate surface area is 178 Å². The van der Waals surface area contributed by atoms with Gasteiger partial charge in [0.25, 0.3) is 0 Å². The van der Waals surface area contributed by atoms with Gasteiger partial charge in [-0.1, -0.05) is 18.2 Å². The second-order valence-electron chi connectivity index (χ2n) is 7.08. The van der Waals surface area contributed by atoms with Gasteiger partial charge in [0.2, 0.25) is 5.82 Å². The summed E-state index contributed by atoms with van der Waals surface area (Å²) in [5, 5.41) is 12.8. The highest BCUT2D eigenvalue weighted by Gasteiger charge is 2.34. The summed E-state index contributed by atoms with van der Waals surface area (Å²) in [6.07, 6.45) is 4.20. The maximum atomic E-state index is 12.2. The van der Waals surface area contributed by atoms with Gasteiger partial charge in [-0.3, -0.25) is 19.9 Å². The van der Waals surface area contributed by atoms with Crippen molar-refractivity contribution in [2.45, 2.75) is 19.8 Å². The molecule has 0 saturated carbocycles. The molecule has 1 aliphatic heterocycles. The van der Waals surface area contributed by atoms with Crippen molar-refractivity contribution in [3.8, 4) is 11.6 Å². The predicted molar refractivity (Wildman–Crippen MR) is 112 cm³/mol. The molecule has 31 heavy (non-hydrogen) atoms. The van der Waals surface area contributed by atoms with E-state index in [4.69, 9.17) is 9.47 Å². The molecule has 1 fully saturated rings. The quantitative estimate of drug-likeness (QED) is 0.333. The first kappa shape index (κ1) is 20.5. The van der Waals surface area contributed by atoms with E-state index in [1.54, 1.807) is 36.2 Å².